The van der Waals surface area contributed by atoms with Crippen LogP contribution in [0.25, 0.3) is 11.3 Å². The molecule has 0 saturated carbocycles. The predicted octanol–water partition coefficient (Wildman–Crippen LogP) is 2.44. The van der Waals surface area contributed by atoms with Gasteiger partial charge in [0.15, 0.2) is 5.82 Å². The third kappa shape index (κ3) is 7.67. The number of nitrogens with two attached hydrogens (primary N) is 2. The fourth-order valence-electron chi connectivity index (χ4n) is 3.78. The highest BCUT2D eigenvalue weighted by Crippen LogP contribution is 2.23. The summed E-state index contributed by atoms with van der Waals surface area (Å²) in [6.45, 7) is 6.34. The van der Waals surface area contributed by atoms with Crippen LogP contribution in [0.15, 0.2) is 53.5 Å². The molecule has 1 heterocycles. The average molecular weight is 533 g/mol. The number of hydrogen-bond acceptors (Lipinski definition) is 7. The minimum Gasteiger partial charge on any atom is -0.399 e. The van der Waals surface area contributed by atoms with Crippen LogP contribution in [0.4, 0.5) is 11.5 Å². The van der Waals surface area contributed by atoms with Gasteiger partial charge in [0.25, 0.3) is 11.5 Å². The Morgan fingerprint density at radius 3 is 2.44 bits per heavy atom. The van der Waals surface area contributed by atoms with Crippen molar-refractivity contribution in [3.8, 4) is 11.3 Å². The molecule has 39 heavy (non-hydrogen) atoms. The first kappa shape index (κ1) is 28.9. The molecule has 0 aliphatic heterocycles. The fourth-order valence-corrected chi connectivity index (χ4v) is 3.78. The summed E-state index contributed by atoms with van der Waals surface area (Å²) in [4.78, 5) is 43.4. The lowest BCUT2D eigenvalue weighted by atomic mass is 10.1. The maximum atomic E-state index is 13.5. The number of carbonyl (C=O) groups excluding carboxylic acids is 2. The molecule has 11 heteroatoms. The Hall–Kier alpha value is -4.67. The molecule has 0 spiro atoms. The van der Waals surface area contributed by atoms with Gasteiger partial charge in [-0.25, -0.2) is 4.98 Å². The molecule has 1 aromatic heterocycles. The molecule has 0 bridgehead atoms. The van der Waals surface area contributed by atoms with Gasteiger partial charge < -0.3 is 27.4 Å². The van der Waals surface area contributed by atoms with Gasteiger partial charge in [0, 0.05) is 41.5 Å². The Morgan fingerprint density at radius 2 is 1.79 bits per heavy atom. The Balaban J connectivity index is 1.94. The van der Waals surface area contributed by atoms with Crippen molar-refractivity contribution < 1.29 is 9.59 Å². The summed E-state index contributed by atoms with van der Waals surface area (Å²) in [5.41, 5.74) is 14.1. The molecule has 2 aromatic carbocycles. The molecule has 3 rings (SSSR count). The van der Waals surface area contributed by atoms with E-state index in [2.05, 4.69) is 20.9 Å². The van der Waals surface area contributed by atoms with Gasteiger partial charge in [0.1, 0.15) is 12.4 Å². The molecule has 3 aromatic rings. The van der Waals surface area contributed by atoms with Gasteiger partial charge in [-0.2, -0.15) is 0 Å². The predicted molar refractivity (Wildman–Crippen MR) is 154 cm³/mol. The fraction of sp³-hybridized carbons (Fsp3) is 0.321. The monoisotopic (exact) mass is 532 g/mol. The number of nitrogen functional groups attached to an aromatic ring is 2. The lowest BCUT2D eigenvalue weighted by Crippen LogP contribution is -2.35. The second-order valence-electron chi connectivity index (χ2n) is 9.32. The van der Waals surface area contributed by atoms with Gasteiger partial charge in [0.05, 0.1) is 11.9 Å². The van der Waals surface area contributed by atoms with Gasteiger partial charge in [-0.3, -0.25) is 24.4 Å². The zero-order valence-corrected chi connectivity index (χ0v) is 22.5. The SMILES string of the molecule is CCCNC(=O)c1cc(N)cc(-c2cnc(NC(C)CC)c(=O)n2CC(=O)NCc2ccc(C(=N)N)cc2)c1. The van der Waals surface area contributed by atoms with E-state index in [0.29, 0.717) is 34.6 Å². The summed E-state index contributed by atoms with van der Waals surface area (Å²) < 4.78 is 1.33. The van der Waals surface area contributed by atoms with Crippen molar-refractivity contribution in [1.82, 2.24) is 20.2 Å². The number of rotatable bonds is 12. The summed E-state index contributed by atoms with van der Waals surface area (Å²) in [6, 6.07) is 11.8. The summed E-state index contributed by atoms with van der Waals surface area (Å²) in [6.07, 6.45) is 3.06. The van der Waals surface area contributed by atoms with Gasteiger partial charge in [-0.1, -0.05) is 38.1 Å². The molecule has 0 radical (unpaired) electrons. The minimum atomic E-state index is -0.465. The molecule has 11 nitrogen and oxygen atoms in total. The van der Waals surface area contributed by atoms with E-state index in [1.807, 2.05) is 20.8 Å². The lowest BCUT2D eigenvalue weighted by molar-refractivity contribution is -0.121. The molecule has 8 N–H and O–H groups in total. The van der Waals surface area contributed by atoms with Crippen LogP contribution in [-0.2, 0) is 17.9 Å². The minimum absolute atomic E-state index is 0.00228. The van der Waals surface area contributed by atoms with Crippen molar-refractivity contribution in [3.05, 3.63) is 75.7 Å². The maximum absolute atomic E-state index is 13.5. The van der Waals surface area contributed by atoms with E-state index in [-0.39, 0.29) is 42.6 Å². The number of nitrogens with zero attached hydrogens (tertiary/aromatic N) is 2. The normalized spacial score (nSPS) is 11.5. The molecule has 2 amide bonds. The van der Waals surface area contributed by atoms with Gasteiger partial charge in [0.2, 0.25) is 5.91 Å². The first-order valence-corrected chi connectivity index (χ1v) is 12.9. The second kappa shape index (κ2) is 13.2. The van der Waals surface area contributed by atoms with Gasteiger partial charge >= 0.3 is 0 Å². The molecule has 1 atom stereocenters. The summed E-state index contributed by atoms with van der Waals surface area (Å²) in [7, 11) is 0. The van der Waals surface area contributed by atoms with Crippen molar-refractivity contribution in [2.45, 2.75) is 52.7 Å². The number of aromatic nitrogens is 2. The molecule has 1 unspecified atom stereocenters. The smallest absolute Gasteiger partial charge is 0.294 e. The highest BCUT2D eigenvalue weighted by molar-refractivity contribution is 5.96. The first-order valence-electron chi connectivity index (χ1n) is 12.9. The Kier molecular flexibility index (Phi) is 9.80. The summed E-state index contributed by atoms with van der Waals surface area (Å²) in [5.74, 6) is -0.578. The van der Waals surface area contributed by atoms with Gasteiger partial charge in [-0.15, -0.1) is 0 Å². The van der Waals surface area contributed by atoms with E-state index in [1.54, 1.807) is 42.5 Å². The van der Waals surface area contributed by atoms with Crippen molar-refractivity contribution in [2.24, 2.45) is 5.73 Å². The molecular weight excluding hydrogens is 496 g/mol. The van der Waals surface area contributed by atoms with E-state index in [9.17, 15) is 14.4 Å². The largest absolute Gasteiger partial charge is 0.399 e. The maximum Gasteiger partial charge on any atom is 0.294 e. The van der Waals surface area contributed by atoms with Crippen LogP contribution >= 0.6 is 0 Å². The van der Waals surface area contributed by atoms with Crippen molar-refractivity contribution in [2.75, 3.05) is 17.6 Å². The Morgan fingerprint density at radius 1 is 1.08 bits per heavy atom. The number of nitrogens with one attached hydrogen (secondary N) is 4. The number of amidine groups is 1. The summed E-state index contributed by atoms with van der Waals surface area (Å²) in [5, 5.41) is 16.2. The van der Waals surface area contributed by atoms with Crippen molar-refractivity contribution in [3.63, 3.8) is 0 Å². The first-order chi connectivity index (χ1) is 18.6. The van der Waals surface area contributed by atoms with Crippen LogP contribution in [0.1, 0.15) is 55.1 Å². The highest BCUT2D eigenvalue weighted by Gasteiger charge is 2.18. The Bertz CT molecular complexity index is 1400. The van der Waals surface area contributed by atoms with Crippen LogP contribution in [0.5, 0.6) is 0 Å². The van der Waals surface area contributed by atoms with E-state index in [0.717, 1.165) is 18.4 Å². The molecule has 206 valence electrons. The van der Waals surface area contributed by atoms with Gasteiger partial charge in [-0.05, 0) is 43.5 Å². The molecule has 0 aliphatic rings. The van der Waals surface area contributed by atoms with Crippen LogP contribution in [-0.4, -0.2) is 39.8 Å². The van der Waals surface area contributed by atoms with Crippen LogP contribution < -0.4 is 33.0 Å². The quantitative estimate of drug-likeness (QED) is 0.118. The number of carbonyl (C=O) groups is 2. The third-order valence-corrected chi connectivity index (χ3v) is 6.16. The average Bonchev–Trinajstić information content (AvgIpc) is 2.92. The van der Waals surface area contributed by atoms with Crippen molar-refractivity contribution in [1.29, 1.82) is 5.41 Å². The second-order valence-corrected chi connectivity index (χ2v) is 9.32. The number of anilines is 2. The molecule has 0 saturated heterocycles. The van der Waals surface area contributed by atoms with Crippen LogP contribution in [0, 0.1) is 5.41 Å². The van der Waals surface area contributed by atoms with Crippen LogP contribution in [0.3, 0.4) is 0 Å². The Labute approximate surface area is 227 Å². The molecule has 0 aliphatic carbocycles. The summed E-state index contributed by atoms with van der Waals surface area (Å²) >= 11 is 0. The number of hydrogen-bond donors (Lipinski definition) is 6. The zero-order chi connectivity index (χ0) is 28.5. The standard InChI is InChI=1S/C28H36N8O3/c1-4-10-32-27(38)21-11-20(12-22(29)13-21)23-15-34-26(35-17(3)5-2)28(39)36(23)16-24(37)33-14-18-6-8-19(9-7-18)25(30)31/h6-9,11-13,15,17H,4-5,10,14,16,29H2,1-3H3,(H3,30,31)(H,32,38)(H,33,37)(H,34,35). The molecular formula is C28H36N8O3. The zero-order valence-electron chi connectivity index (χ0n) is 22.5. The van der Waals surface area contributed by atoms with Crippen molar-refractivity contribution >= 4 is 29.2 Å². The van der Waals surface area contributed by atoms with E-state index >= 15 is 0 Å². The number of amides is 2. The lowest BCUT2D eigenvalue weighted by Gasteiger charge is -2.18. The van der Waals surface area contributed by atoms with E-state index in [1.165, 1.54) is 10.8 Å². The highest BCUT2D eigenvalue weighted by atomic mass is 16.2. The van der Waals surface area contributed by atoms with E-state index < -0.39 is 5.56 Å². The topological polar surface area (TPSA) is 181 Å². The van der Waals surface area contributed by atoms with Crippen LogP contribution in [0.2, 0.25) is 0 Å². The third-order valence-electron chi connectivity index (χ3n) is 6.16. The number of benzene rings is 2. The van der Waals surface area contributed by atoms with E-state index in [4.69, 9.17) is 16.9 Å². The molecule has 0 fully saturated rings.